The number of rotatable bonds is 7. The van der Waals surface area contributed by atoms with Crippen LogP contribution >= 0.6 is 0 Å². The lowest BCUT2D eigenvalue weighted by Crippen LogP contribution is -2.36. The van der Waals surface area contributed by atoms with Gasteiger partial charge >= 0.3 is 5.97 Å². The highest BCUT2D eigenvalue weighted by Gasteiger charge is 2.19. The van der Waals surface area contributed by atoms with Crippen molar-refractivity contribution in [3.05, 3.63) is 65.2 Å². The molecule has 0 saturated carbocycles. The summed E-state index contributed by atoms with van der Waals surface area (Å²) >= 11 is 0. The van der Waals surface area contributed by atoms with Crippen LogP contribution in [0.15, 0.2) is 47.4 Å². The first-order valence-corrected chi connectivity index (χ1v) is 9.67. The van der Waals surface area contributed by atoms with Crippen molar-refractivity contribution in [1.29, 1.82) is 0 Å². The summed E-state index contributed by atoms with van der Waals surface area (Å²) < 4.78 is 53.5. The second kappa shape index (κ2) is 8.89. The Bertz CT molecular complexity index is 958. The van der Waals surface area contributed by atoms with Gasteiger partial charge in [0.1, 0.15) is 11.6 Å². The van der Waals surface area contributed by atoms with E-state index in [1.54, 1.807) is 12.1 Å². The maximum atomic E-state index is 13.1. The molecule has 0 saturated heterocycles. The first-order valence-electron chi connectivity index (χ1n) is 8.13. The van der Waals surface area contributed by atoms with E-state index in [9.17, 15) is 26.8 Å². The number of sulfonamides is 1. The normalized spacial score (nSPS) is 12.3. The van der Waals surface area contributed by atoms with Crippen molar-refractivity contribution >= 4 is 21.9 Å². The van der Waals surface area contributed by atoms with Gasteiger partial charge in [-0.2, -0.15) is 0 Å². The largest absolute Gasteiger partial charge is 0.449 e. The number of nitrogens with one attached hydrogen (secondary N) is 1. The number of hydrogen-bond donors (Lipinski definition) is 2. The van der Waals surface area contributed by atoms with Crippen LogP contribution in [-0.2, 0) is 26.0 Å². The Morgan fingerprint density at radius 3 is 2.21 bits per heavy atom. The fourth-order valence-electron chi connectivity index (χ4n) is 2.27. The molecule has 7 nitrogen and oxygen atoms in total. The molecule has 0 aromatic heterocycles. The number of benzene rings is 2. The number of primary sulfonamides is 1. The van der Waals surface area contributed by atoms with Gasteiger partial charge in [-0.3, -0.25) is 4.79 Å². The third kappa shape index (κ3) is 6.10. The van der Waals surface area contributed by atoms with Crippen LogP contribution in [0.3, 0.4) is 0 Å². The summed E-state index contributed by atoms with van der Waals surface area (Å²) in [4.78, 5) is 23.8. The summed E-state index contributed by atoms with van der Waals surface area (Å²) in [6.07, 6.45) is -0.782. The van der Waals surface area contributed by atoms with Crippen LogP contribution in [0.2, 0.25) is 0 Å². The van der Waals surface area contributed by atoms with Crippen LogP contribution in [0.5, 0.6) is 0 Å². The third-order valence-electron chi connectivity index (χ3n) is 3.72. The molecule has 0 spiro atoms. The molecule has 1 atom stereocenters. The van der Waals surface area contributed by atoms with Gasteiger partial charge in [0.25, 0.3) is 5.91 Å². The lowest BCUT2D eigenvalue weighted by molar-refractivity contribution is -0.129. The topological polar surface area (TPSA) is 116 Å². The molecule has 0 aliphatic heterocycles. The van der Waals surface area contributed by atoms with Gasteiger partial charge in [0.15, 0.2) is 6.10 Å². The molecule has 3 N–H and O–H groups in total. The minimum absolute atomic E-state index is 0.0189. The summed E-state index contributed by atoms with van der Waals surface area (Å²) in [5.74, 6) is -3.49. The van der Waals surface area contributed by atoms with Gasteiger partial charge < -0.3 is 10.1 Å². The van der Waals surface area contributed by atoms with Gasteiger partial charge in [-0.1, -0.05) is 12.1 Å². The van der Waals surface area contributed by atoms with Gasteiger partial charge in [0, 0.05) is 12.6 Å². The van der Waals surface area contributed by atoms with Crippen LogP contribution in [-0.4, -0.2) is 32.9 Å². The maximum Gasteiger partial charge on any atom is 0.339 e. The van der Waals surface area contributed by atoms with E-state index >= 15 is 0 Å². The second-order valence-corrected chi connectivity index (χ2v) is 7.50. The molecule has 1 amide bonds. The van der Waals surface area contributed by atoms with Crippen molar-refractivity contribution in [2.24, 2.45) is 5.14 Å². The molecule has 2 rings (SSSR count). The average molecular weight is 412 g/mol. The van der Waals surface area contributed by atoms with Gasteiger partial charge in [-0.25, -0.2) is 27.1 Å². The number of ether oxygens (including phenoxy) is 1. The van der Waals surface area contributed by atoms with Crippen molar-refractivity contribution in [2.75, 3.05) is 6.54 Å². The van der Waals surface area contributed by atoms with E-state index in [0.717, 1.165) is 17.7 Å². The molecule has 0 unspecified atom stereocenters. The quantitative estimate of drug-likeness (QED) is 0.669. The highest BCUT2D eigenvalue weighted by atomic mass is 32.2. The first kappa shape index (κ1) is 21.5. The molecule has 0 heterocycles. The second-order valence-electron chi connectivity index (χ2n) is 5.94. The van der Waals surface area contributed by atoms with Crippen LogP contribution in [0.1, 0.15) is 22.8 Å². The smallest absolute Gasteiger partial charge is 0.339 e. The monoisotopic (exact) mass is 412 g/mol. The molecule has 0 fully saturated rings. The summed E-state index contributed by atoms with van der Waals surface area (Å²) in [6, 6.07) is 8.07. The van der Waals surface area contributed by atoms with Crippen LogP contribution in [0.4, 0.5) is 8.78 Å². The zero-order chi connectivity index (χ0) is 20.9. The average Bonchev–Trinajstić information content (AvgIpc) is 2.60. The van der Waals surface area contributed by atoms with E-state index in [2.05, 4.69) is 5.32 Å². The van der Waals surface area contributed by atoms with Crippen molar-refractivity contribution in [3.8, 4) is 0 Å². The van der Waals surface area contributed by atoms with Crippen LogP contribution in [0.25, 0.3) is 0 Å². The molecule has 0 bridgehead atoms. The molecule has 2 aromatic carbocycles. The van der Waals surface area contributed by atoms with Crippen LogP contribution < -0.4 is 10.5 Å². The lowest BCUT2D eigenvalue weighted by Gasteiger charge is -2.13. The molecule has 150 valence electrons. The molecule has 10 heteroatoms. The maximum absolute atomic E-state index is 13.1. The Hall–Kier alpha value is -2.85. The van der Waals surface area contributed by atoms with E-state index in [1.165, 1.54) is 19.1 Å². The molecular weight excluding hydrogens is 394 g/mol. The van der Waals surface area contributed by atoms with E-state index < -0.39 is 39.6 Å². The Labute approximate surface area is 160 Å². The number of carbonyl (C=O) groups is 2. The van der Waals surface area contributed by atoms with Crippen molar-refractivity contribution < 1.29 is 31.5 Å². The van der Waals surface area contributed by atoms with Gasteiger partial charge in [-0.15, -0.1) is 0 Å². The number of amides is 1. The Kier molecular flexibility index (Phi) is 6.81. The first-order chi connectivity index (χ1) is 13.1. The fourth-order valence-corrected chi connectivity index (χ4v) is 2.79. The molecule has 0 aliphatic rings. The van der Waals surface area contributed by atoms with Gasteiger partial charge in [-0.05, 0) is 43.2 Å². The molecular formula is C18H18F2N2O5S. The number of hydrogen-bond acceptors (Lipinski definition) is 5. The number of esters is 1. The summed E-state index contributed by atoms with van der Waals surface area (Å²) in [5, 5.41) is 7.56. The standard InChI is InChI=1S/C18H18F2N2O5S/c1-11(27-18(24)13-8-14(19)10-15(20)9-13)17(23)22-7-6-12-2-4-16(5-3-12)28(21,25)26/h2-5,8-11H,6-7H2,1H3,(H,22,23)(H2,21,25,26)/t11-/m1/s1. The van der Waals surface area contributed by atoms with Gasteiger partial charge in [0.2, 0.25) is 10.0 Å². The predicted molar refractivity (Wildman–Crippen MR) is 95.8 cm³/mol. The lowest BCUT2D eigenvalue weighted by atomic mass is 10.1. The Balaban J connectivity index is 1.84. The van der Waals surface area contributed by atoms with Crippen molar-refractivity contribution in [2.45, 2.75) is 24.3 Å². The molecule has 28 heavy (non-hydrogen) atoms. The Morgan fingerprint density at radius 2 is 1.68 bits per heavy atom. The third-order valence-corrected chi connectivity index (χ3v) is 4.65. The molecule has 0 aliphatic carbocycles. The number of halogens is 2. The van der Waals surface area contributed by atoms with Crippen LogP contribution in [0, 0.1) is 11.6 Å². The minimum atomic E-state index is -3.77. The summed E-state index contributed by atoms with van der Waals surface area (Å²) in [5.41, 5.74) is 0.416. The number of nitrogens with two attached hydrogens (primary N) is 1. The SMILES string of the molecule is C[C@@H](OC(=O)c1cc(F)cc(F)c1)C(=O)NCCc1ccc(S(N)(=O)=O)cc1. The predicted octanol–water partition coefficient (Wildman–Crippen LogP) is 1.52. The highest BCUT2D eigenvalue weighted by molar-refractivity contribution is 7.89. The van der Waals surface area contributed by atoms with E-state index in [0.29, 0.717) is 12.5 Å². The van der Waals surface area contributed by atoms with Gasteiger partial charge in [0.05, 0.1) is 10.5 Å². The van der Waals surface area contributed by atoms with E-state index in [-0.39, 0.29) is 17.0 Å². The molecule has 0 radical (unpaired) electrons. The zero-order valence-corrected chi connectivity index (χ0v) is 15.6. The number of carbonyl (C=O) groups excluding carboxylic acids is 2. The summed E-state index contributed by atoms with van der Waals surface area (Å²) in [7, 11) is -3.77. The zero-order valence-electron chi connectivity index (χ0n) is 14.8. The minimum Gasteiger partial charge on any atom is -0.449 e. The van der Waals surface area contributed by atoms with Crippen molar-refractivity contribution in [3.63, 3.8) is 0 Å². The van der Waals surface area contributed by atoms with E-state index in [4.69, 9.17) is 9.88 Å². The fraction of sp³-hybridized carbons (Fsp3) is 0.222. The summed E-state index contributed by atoms with van der Waals surface area (Å²) in [6.45, 7) is 1.52. The highest BCUT2D eigenvalue weighted by Crippen LogP contribution is 2.11. The van der Waals surface area contributed by atoms with Crippen molar-refractivity contribution in [1.82, 2.24) is 5.32 Å². The van der Waals surface area contributed by atoms with E-state index in [1.807, 2.05) is 0 Å². The Morgan fingerprint density at radius 1 is 1.11 bits per heavy atom. The molecule has 2 aromatic rings.